The Labute approximate surface area is 254 Å². The fraction of sp³-hybridized carbons (Fsp3) is 0. The molecule has 9 rings (SSSR count). The number of fused-ring (bicyclic) bond motifs is 6. The summed E-state index contributed by atoms with van der Waals surface area (Å²) >= 11 is 0. The number of rotatable bonds is 4. The van der Waals surface area contributed by atoms with Crippen molar-refractivity contribution in [1.29, 1.82) is 0 Å². The van der Waals surface area contributed by atoms with Crippen LogP contribution in [0.1, 0.15) is 0 Å². The smallest absolute Gasteiger partial charge is 0.156 e. The summed E-state index contributed by atoms with van der Waals surface area (Å²) in [5, 5.41) is 4.89. The molecular formula is C40H26N4. The van der Waals surface area contributed by atoms with Crippen molar-refractivity contribution in [1.82, 2.24) is 19.1 Å². The van der Waals surface area contributed by atoms with Gasteiger partial charge in [-0.1, -0.05) is 103 Å². The van der Waals surface area contributed by atoms with Gasteiger partial charge >= 0.3 is 0 Å². The second kappa shape index (κ2) is 9.79. The van der Waals surface area contributed by atoms with Crippen molar-refractivity contribution in [3.8, 4) is 33.9 Å². The van der Waals surface area contributed by atoms with Gasteiger partial charge in [0.25, 0.3) is 0 Å². The topological polar surface area (TPSA) is 35.6 Å². The SMILES string of the molecule is c1ccc(-c2cncc(-n3c4ccccc4c4cc(-c5cccc6c5c5ccccc5n6-c5ccccc5)ccc43)n2)cc1. The van der Waals surface area contributed by atoms with E-state index in [1.54, 1.807) is 0 Å². The van der Waals surface area contributed by atoms with Gasteiger partial charge in [0.2, 0.25) is 0 Å². The van der Waals surface area contributed by atoms with Gasteiger partial charge in [0.05, 0.1) is 40.2 Å². The summed E-state index contributed by atoms with van der Waals surface area (Å²) in [5.74, 6) is 0.804. The summed E-state index contributed by atoms with van der Waals surface area (Å²) in [4.78, 5) is 9.67. The molecule has 0 N–H and O–H groups in total. The first-order chi connectivity index (χ1) is 21.8. The van der Waals surface area contributed by atoms with E-state index in [2.05, 4.69) is 142 Å². The molecule has 0 saturated heterocycles. The van der Waals surface area contributed by atoms with Crippen molar-refractivity contribution in [2.45, 2.75) is 0 Å². The normalized spacial score (nSPS) is 11.6. The van der Waals surface area contributed by atoms with E-state index < -0.39 is 0 Å². The molecule has 0 aliphatic carbocycles. The molecule has 0 aliphatic rings. The number of hydrogen-bond acceptors (Lipinski definition) is 2. The van der Waals surface area contributed by atoms with E-state index in [-0.39, 0.29) is 0 Å². The molecule has 9 aromatic rings. The third-order valence-corrected chi connectivity index (χ3v) is 8.62. The maximum absolute atomic E-state index is 5.07. The molecule has 3 heterocycles. The summed E-state index contributed by atoms with van der Waals surface area (Å²) in [6.45, 7) is 0. The quantitative estimate of drug-likeness (QED) is 0.214. The van der Waals surface area contributed by atoms with E-state index in [1.165, 1.54) is 43.7 Å². The minimum Gasteiger partial charge on any atom is -0.309 e. The molecule has 0 saturated carbocycles. The summed E-state index contributed by atoms with van der Waals surface area (Å²) < 4.78 is 4.60. The molecule has 4 nitrogen and oxygen atoms in total. The number of hydrogen-bond donors (Lipinski definition) is 0. The molecule has 0 bridgehead atoms. The predicted molar refractivity (Wildman–Crippen MR) is 182 cm³/mol. The second-order valence-corrected chi connectivity index (χ2v) is 11.1. The predicted octanol–water partition coefficient (Wildman–Crippen LogP) is 10.0. The van der Waals surface area contributed by atoms with Crippen molar-refractivity contribution in [2.75, 3.05) is 0 Å². The van der Waals surface area contributed by atoms with E-state index in [0.717, 1.165) is 33.8 Å². The third-order valence-electron chi connectivity index (χ3n) is 8.62. The standard InChI is InChI=1S/C40H26N4/c1-3-12-27(13-4-1)34-25-41-26-39(42-34)44-35-19-9-7-16-31(35)33-24-28(22-23-37(33)44)30-18-11-21-38-40(30)32-17-8-10-20-36(32)43(38)29-14-5-2-6-15-29/h1-26H. The van der Waals surface area contributed by atoms with Crippen LogP contribution in [0.25, 0.3) is 77.5 Å². The first kappa shape index (κ1) is 24.6. The molecule has 206 valence electrons. The van der Waals surface area contributed by atoms with Crippen LogP contribution in [0.4, 0.5) is 0 Å². The first-order valence-electron chi connectivity index (χ1n) is 14.8. The zero-order valence-electron chi connectivity index (χ0n) is 23.8. The van der Waals surface area contributed by atoms with Gasteiger partial charge in [0, 0.05) is 32.8 Å². The largest absolute Gasteiger partial charge is 0.309 e. The lowest BCUT2D eigenvalue weighted by atomic mass is 9.98. The Morgan fingerprint density at radius 2 is 1.09 bits per heavy atom. The van der Waals surface area contributed by atoms with Crippen LogP contribution in [0, 0.1) is 0 Å². The maximum Gasteiger partial charge on any atom is 0.156 e. The highest BCUT2D eigenvalue weighted by atomic mass is 15.1. The Morgan fingerprint density at radius 1 is 0.432 bits per heavy atom. The highest BCUT2D eigenvalue weighted by molar-refractivity contribution is 6.17. The maximum atomic E-state index is 5.07. The van der Waals surface area contributed by atoms with Gasteiger partial charge in [0.15, 0.2) is 5.82 Å². The van der Waals surface area contributed by atoms with E-state index in [9.17, 15) is 0 Å². The Kier molecular flexibility index (Phi) is 5.47. The molecule has 0 aliphatic heterocycles. The van der Waals surface area contributed by atoms with Gasteiger partial charge in [0.1, 0.15) is 0 Å². The van der Waals surface area contributed by atoms with Gasteiger partial charge in [-0.15, -0.1) is 0 Å². The van der Waals surface area contributed by atoms with E-state index >= 15 is 0 Å². The van der Waals surface area contributed by atoms with Crippen molar-refractivity contribution in [3.63, 3.8) is 0 Å². The lowest BCUT2D eigenvalue weighted by molar-refractivity contribution is 1.05. The molecule has 0 amide bonds. The van der Waals surface area contributed by atoms with Crippen LogP contribution in [-0.4, -0.2) is 19.1 Å². The molecule has 3 aromatic heterocycles. The van der Waals surface area contributed by atoms with Crippen LogP contribution in [0.15, 0.2) is 158 Å². The minimum atomic E-state index is 0.804. The molecule has 6 aromatic carbocycles. The molecule has 4 heteroatoms. The van der Waals surface area contributed by atoms with Crippen molar-refractivity contribution in [3.05, 3.63) is 158 Å². The number of aromatic nitrogens is 4. The molecule has 0 spiro atoms. The molecule has 0 fully saturated rings. The average Bonchev–Trinajstić information content (AvgIpc) is 3.62. The van der Waals surface area contributed by atoms with E-state index in [1.807, 2.05) is 30.6 Å². The van der Waals surface area contributed by atoms with Gasteiger partial charge in [-0.3, -0.25) is 9.55 Å². The number of nitrogens with zero attached hydrogens (tertiary/aromatic N) is 4. The van der Waals surface area contributed by atoms with Gasteiger partial charge in [-0.05, 0) is 53.6 Å². The summed E-state index contributed by atoms with van der Waals surface area (Å²) in [7, 11) is 0. The third kappa shape index (κ3) is 3.71. The molecule has 44 heavy (non-hydrogen) atoms. The fourth-order valence-electron chi connectivity index (χ4n) is 6.71. The summed E-state index contributed by atoms with van der Waals surface area (Å²) in [5.41, 5.74) is 10.1. The van der Waals surface area contributed by atoms with E-state index in [4.69, 9.17) is 4.98 Å². The lowest BCUT2D eigenvalue weighted by Crippen LogP contribution is -1.99. The summed E-state index contributed by atoms with van der Waals surface area (Å²) in [6, 6.07) is 51.6. The van der Waals surface area contributed by atoms with Gasteiger partial charge < -0.3 is 4.57 Å². The molecule has 0 radical (unpaired) electrons. The highest BCUT2D eigenvalue weighted by Crippen LogP contribution is 2.40. The Hall–Kier alpha value is -6.00. The number of benzene rings is 6. The van der Waals surface area contributed by atoms with Crippen molar-refractivity contribution >= 4 is 43.6 Å². The Bertz CT molecular complexity index is 2490. The van der Waals surface area contributed by atoms with Crippen LogP contribution >= 0.6 is 0 Å². The zero-order chi connectivity index (χ0) is 29.0. The van der Waals surface area contributed by atoms with Crippen LogP contribution < -0.4 is 0 Å². The average molecular weight is 563 g/mol. The molecule has 0 atom stereocenters. The van der Waals surface area contributed by atoms with Crippen LogP contribution in [-0.2, 0) is 0 Å². The lowest BCUT2D eigenvalue weighted by Gasteiger charge is -2.10. The fourth-order valence-corrected chi connectivity index (χ4v) is 6.71. The second-order valence-electron chi connectivity index (χ2n) is 11.1. The number of para-hydroxylation sites is 3. The van der Waals surface area contributed by atoms with Gasteiger partial charge in [-0.2, -0.15) is 0 Å². The van der Waals surface area contributed by atoms with Gasteiger partial charge in [-0.25, -0.2) is 4.98 Å². The Morgan fingerprint density at radius 3 is 1.91 bits per heavy atom. The first-order valence-corrected chi connectivity index (χ1v) is 14.8. The van der Waals surface area contributed by atoms with Crippen molar-refractivity contribution in [2.24, 2.45) is 0 Å². The molecular weight excluding hydrogens is 536 g/mol. The van der Waals surface area contributed by atoms with Crippen LogP contribution in [0.2, 0.25) is 0 Å². The van der Waals surface area contributed by atoms with Crippen molar-refractivity contribution < 1.29 is 0 Å². The Balaban J connectivity index is 1.29. The monoisotopic (exact) mass is 562 g/mol. The minimum absolute atomic E-state index is 0.804. The highest BCUT2D eigenvalue weighted by Gasteiger charge is 2.18. The summed E-state index contributed by atoms with van der Waals surface area (Å²) in [6.07, 6.45) is 3.68. The zero-order valence-corrected chi connectivity index (χ0v) is 23.8. The van der Waals surface area contributed by atoms with Crippen LogP contribution in [0.5, 0.6) is 0 Å². The molecule has 0 unspecified atom stereocenters. The van der Waals surface area contributed by atoms with E-state index in [0.29, 0.717) is 0 Å². The van der Waals surface area contributed by atoms with Crippen LogP contribution in [0.3, 0.4) is 0 Å².